The molecule has 5 rings (SSSR count). The van der Waals surface area contributed by atoms with Crippen molar-refractivity contribution in [2.24, 2.45) is 7.05 Å². The van der Waals surface area contributed by atoms with Gasteiger partial charge in [-0.15, -0.1) is 0 Å². The van der Waals surface area contributed by atoms with Gasteiger partial charge in [0.2, 0.25) is 5.91 Å². The largest absolute Gasteiger partial charge is 0.342 e. The Balaban J connectivity index is 1.23. The molecule has 2 aromatic carbocycles. The van der Waals surface area contributed by atoms with Crippen molar-refractivity contribution in [3.05, 3.63) is 60.2 Å². The molecule has 1 amide bonds. The number of nitrogens with zero attached hydrogens (tertiary/aromatic N) is 5. The van der Waals surface area contributed by atoms with Gasteiger partial charge < -0.3 is 14.0 Å². The number of amides is 1. The summed E-state index contributed by atoms with van der Waals surface area (Å²) in [5.41, 5.74) is 4.36. The van der Waals surface area contributed by atoms with Gasteiger partial charge in [-0.2, -0.15) is 0 Å². The van der Waals surface area contributed by atoms with E-state index in [-0.39, 0.29) is 5.91 Å². The average Bonchev–Trinajstić information content (AvgIpc) is 3.30. The van der Waals surface area contributed by atoms with Crippen LogP contribution in [0, 0.1) is 6.92 Å². The maximum atomic E-state index is 13.0. The second-order valence-corrected chi connectivity index (χ2v) is 8.60. The number of hydrogen-bond donors (Lipinski definition) is 0. The van der Waals surface area contributed by atoms with Crippen molar-refractivity contribution in [1.29, 1.82) is 0 Å². The highest BCUT2D eigenvalue weighted by Crippen LogP contribution is 2.29. The van der Waals surface area contributed by atoms with Gasteiger partial charge in [0.05, 0.1) is 22.1 Å². The zero-order valence-electron chi connectivity index (χ0n) is 18.3. The molecule has 0 radical (unpaired) electrons. The van der Waals surface area contributed by atoms with E-state index in [2.05, 4.69) is 45.4 Å². The van der Waals surface area contributed by atoms with Crippen molar-refractivity contribution in [3.63, 3.8) is 0 Å². The standard InChI is InChI=1S/C25H29N5O/c1-18-26-21-11-4-6-13-23(21)30(18)16-8-14-24(31)29-15-7-9-19(17-29)25-27-20-10-3-5-12-22(20)28(25)2/h3-6,10-13,19H,7-9,14-17H2,1-2H3/t19-/m0/s1. The summed E-state index contributed by atoms with van der Waals surface area (Å²) in [5.74, 6) is 2.66. The van der Waals surface area contributed by atoms with E-state index in [9.17, 15) is 4.79 Å². The average molecular weight is 416 g/mol. The molecule has 1 atom stereocenters. The Morgan fingerprint density at radius 1 is 1.03 bits per heavy atom. The third-order valence-corrected chi connectivity index (χ3v) is 6.58. The van der Waals surface area contributed by atoms with Crippen LogP contribution in [0.1, 0.15) is 43.3 Å². The van der Waals surface area contributed by atoms with Gasteiger partial charge in [-0.05, 0) is 50.5 Å². The number of aromatic nitrogens is 4. The molecule has 0 saturated carbocycles. The quantitative estimate of drug-likeness (QED) is 0.485. The lowest BCUT2D eigenvalue weighted by molar-refractivity contribution is -0.132. The Kier molecular flexibility index (Phi) is 5.22. The van der Waals surface area contributed by atoms with Crippen LogP contribution in [0.25, 0.3) is 22.1 Å². The first kappa shape index (κ1) is 19.8. The number of rotatable bonds is 5. The van der Waals surface area contributed by atoms with E-state index in [4.69, 9.17) is 4.98 Å². The van der Waals surface area contributed by atoms with Gasteiger partial charge in [-0.25, -0.2) is 9.97 Å². The second-order valence-electron chi connectivity index (χ2n) is 8.60. The Morgan fingerprint density at radius 3 is 2.52 bits per heavy atom. The Morgan fingerprint density at radius 2 is 1.74 bits per heavy atom. The fourth-order valence-electron chi connectivity index (χ4n) is 4.97. The van der Waals surface area contributed by atoms with E-state index >= 15 is 0 Å². The zero-order valence-corrected chi connectivity index (χ0v) is 18.3. The zero-order chi connectivity index (χ0) is 21.4. The molecule has 6 heteroatoms. The molecule has 1 saturated heterocycles. The smallest absolute Gasteiger partial charge is 0.222 e. The van der Waals surface area contributed by atoms with Crippen molar-refractivity contribution in [3.8, 4) is 0 Å². The van der Waals surface area contributed by atoms with E-state index in [1.807, 2.05) is 36.1 Å². The van der Waals surface area contributed by atoms with Crippen molar-refractivity contribution >= 4 is 28.0 Å². The van der Waals surface area contributed by atoms with Crippen LogP contribution >= 0.6 is 0 Å². The molecule has 4 aromatic rings. The minimum Gasteiger partial charge on any atom is -0.342 e. The highest BCUT2D eigenvalue weighted by Gasteiger charge is 2.27. The molecule has 1 aliphatic rings. The van der Waals surface area contributed by atoms with Crippen LogP contribution in [0.4, 0.5) is 0 Å². The van der Waals surface area contributed by atoms with E-state index in [1.165, 1.54) is 0 Å². The Labute approximate surface area is 182 Å². The highest BCUT2D eigenvalue weighted by atomic mass is 16.2. The number of para-hydroxylation sites is 4. The molecule has 0 unspecified atom stereocenters. The molecule has 3 heterocycles. The van der Waals surface area contributed by atoms with Crippen molar-refractivity contribution in [2.75, 3.05) is 13.1 Å². The fourth-order valence-corrected chi connectivity index (χ4v) is 4.97. The van der Waals surface area contributed by atoms with Crippen molar-refractivity contribution in [1.82, 2.24) is 24.0 Å². The monoisotopic (exact) mass is 415 g/mol. The number of carbonyl (C=O) groups excluding carboxylic acids is 1. The highest BCUT2D eigenvalue weighted by molar-refractivity contribution is 5.78. The number of piperidine rings is 1. The lowest BCUT2D eigenvalue weighted by Gasteiger charge is -2.32. The number of imidazole rings is 2. The van der Waals surface area contributed by atoms with Crippen LogP contribution in [0.3, 0.4) is 0 Å². The van der Waals surface area contributed by atoms with Crippen LogP contribution < -0.4 is 0 Å². The fraction of sp³-hybridized carbons (Fsp3) is 0.400. The summed E-state index contributed by atoms with van der Waals surface area (Å²) < 4.78 is 4.42. The molecule has 0 N–H and O–H groups in total. The van der Waals surface area contributed by atoms with E-state index in [0.717, 1.165) is 72.6 Å². The minimum atomic E-state index is 0.255. The number of likely N-dealkylation sites (tertiary alicyclic amines) is 1. The number of hydrogen-bond acceptors (Lipinski definition) is 3. The number of benzene rings is 2. The van der Waals surface area contributed by atoms with Crippen LogP contribution in [0.2, 0.25) is 0 Å². The molecule has 31 heavy (non-hydrogen) atoms. The van der Waals surface area contributed by atoms with Crippen LogP contribution in [-0.2, 0) is 18.4 Å². The number of fused-ring (bicyclic) bond motifs is 2. The summed E-state index contributed by atoms with van der Waals surface area (Å²) in [4.78, 5) is 24.5. The summed E-state index contributed by atoms with van der Waals surface area (Å²) in [7, 11) is 2.09. The lowest BCUT2D eigenvalue weighted by atomic mass is 9.96. The van der Waals surface area contributed by atoms with E-state index < -0.39 is 0 Å². The molecular weight excluding hydrogens is 386 g/mol. The predicted molar refractivity (Wildman–Crippen MR) is 123 cm³/mol. The van der Waals surface area contributed by atoms with Crippen molar-refractivity contribution in [2.45, 2.75) is 45.1 Å². The first-order valence-corrected chi connectivity index (χ1v) is 11.2. The SMILES string of the molecule is Cc1nc2ccccc2n1CCCC(=O)N1CCC[C@H](c2nc3ccccc3n2C)C1. The minimum absolute atomic E-state index is 0.255. The number of carbonyl (C=O) groups is 1. The molecular formula is C25H29N5O. The summed E-state index contributed by atoms with van der Waals surface area (Å²) in [6, 6.07) is 16.4. The second kappa shape index (κ2) is 8.17. The molecule has 2 aromatic heterocycles. The predicted octanol–water partition coefficient (Wildman–Crippen LogP) is 4.42. The molecule has 0 aliphatic carbocycles. The molecule has 160 valence electrons. The molecule has 1 fully saturated rings. The van der Waals surface area contributed by atoms with E-state index in [1.54, 1.807) is 0 Å². The van der Waals surface area contributed by atoms with Gasteiger partial charge in [-0.3, -0.25) is 4.79 Å². The third-order valence-electron chi connectivity index (χ3n) is 6.58. The molecule has 0 bridgehead atoms. The van der Waals surface area contributed by atoms with Crippen LogP contribution in [0.15, 0.2) is 48.5 Å². The maximum Gasteiger partial charge on any atom is 0.222 e. The lowest BCUT2D eigenvalue weighted by Crippen LogP contribution is -2.39. The van der Waals surface area contributed by atoms with Gasteiger partial charge >= 0.3 is 0 Å². The van der Waals surface area contributed by atoms with Crippen LogP contribution in [0.5, 0.6) is 0 Å². The topological polar surface area (TPSA) is 56.0 Å². The molecule has 1 aliphatic heterocycles. The van der Waals surface area contributed by atoms with Crippen molar-refractivity contribution < 1.29 is 4.79 Å². The third kappa shape index (κ3) is 3.71. The normalized spacial score (nSPS) is 17.0. The summed E-state index contributed by atoms with van der Waals surface area (Å²) in [5, 5.41) is 0. The number of aryl methyl sites for hydroxylation is 3. The summed E-state index contributed by atoms with van der Waals surface area (Å²) >= 11 is 0. The Hall–Kier alpha value is -3.15. The van der Waals surface area contributed by atoms with Gasteiger partial charge in [0.25, 0.3) is 0 Å². The van der Waals surface area contributed by atoms with Gasteiger partial charge in [0, 0.05) is 39.0 Å². The summed E-state index contributed by atoms with van der Waals surface area (Å²) in [6.45, 7) is 4.48. The Bertz CT molecular complexity index is 1240. The molecule has 0 spiro atoms. The molecule has 6 nitrogen and oxygen atoms in total. The summed E-state index contributed by atoms with van der Waals surface area (Å²) in [6.07, 6.45) is 3.51. The van der Waals surface area contributed by atoms with Gasteiger partial charge in [0.15, 0.2) is 0 Å². The van der Waals surface area contributed by atoms with Gasteiger partial charge in [0.1, 0.15) is 11.6 Å². The first-order chi connectivity index (χ1) is 15.1. The maximum absolute atomic E-state index is 13.0. The first-order valence-electron chi connectivity index (χ1n) is 11.2. The van der Waals surface area contributed by atoms with Crippen LogP contribution in [-0.4, -0.2) is 43.0 Å². The van der Waals surface area contributed by atoms with E-state index in [0.29, 0.717) is 12.3 Å². The van der Waals surface area contributed by atoms with Gasteiger partial charge in [-0.1, -0.05) is 24.3 Å².